The molecule has 1 atom stereocenters. The van der Waals surface area contributed by atoms with Crippen molar-refractivity contribution in [3.63, 3.8) is 0 Å². The summed E-state index contributed by atoms with van der Waals surface area (Å²) in [4.78, 5) is 18.5. The number of hydrogen-bond acceptors (Lipinski definition) is 8. The first-order valence-electron chi connectivity index (χ1n) is 8.70. The lowest BCUT2D eigenvalue weighted by atomic mass is 10.1. The molecule has 0 radical (unpaired) electrons. The van der Waals surface area contributed by atoms with Gasteiger partial charge in [0.05, 0.1) is 30.1 Å². The molecule has 3 rings (SSSR count). The van der Waals surface area contributed by atoms with Crippen molar-refractivity contribution < 1.29 is 18.3 Å². The SMILES string of the molecule is COc1cccc(CN(c2ccc(C#N)cc2)c2scnc2C(=O)NCS(=O)[O-])c1. The van der Waals surface area contributed by atoms with Gasteiger partial charge in [-0.05, 0) is 53.0 Å². The summed E-state index contributed by atoms with van der Waals surface area (Å²) in [7, 11) is 1.59. The van der Waals surface area contributed by atoms with Crippen LogP contribution in [0, 0.1) is 11.3 Å². The highest BCUT2D eigenvalue weighted by atomic mass is 32.2. The second-order valence-corrected chi connectivity index (χ2v) is 7.79. The number of hydrogen-bond donors (Lipinski definition) is 1. The summed E-state index contributed by atoms with van der Waals surface area (Å²) >= 11 is -1.15. The Morgan fingerprint density at radius 1 is 1.33 bits per heavy atom. The van der Waals surface area contributed by atoms with Crippen molar-refractivity contribution in [3.8, 4) is 11.8 Å². The molecule has 3 aromatic rings. The topological polar surface area (TPSA) is 118 Å². The van der Waals surface area contributed by atoms with Crippen molar-refractivity contribution in [1.29, 1.82) is 5.26 Å². The maximum Gasteiger partial charge on any atom is 0.273 e. The second-order valence-electron chi connectivity index (χ2n) is 6.06. The third kappa shape index (κ3) is 5.21. The molecule has 1 N–H and O–H groups in total. The molecule has 10 heteroatoms. The molecule has 0 fully saturated rings. The molecule has 0 spiro atoms. The van der Waals surface area contributed by atoms with Crippen LogP contribution in [0.4, 0.5) is 10.7 Å². The number of benzene rings is 2. The minimum absolute atomic E-state index is 0.123. The summed E-state index contributed by atoms with van der Waals surface area (Å²) in [6.45, 7) is 0.402. The van der Waals surface area contributed by atoms with E-state index in [0.29, 0.717) is 22.9 Å². The van der Waals surface area contributed by atoms with Crippen LogP contribution in [0.25, 0.3) is 0 Å². The molecule has 0 aliphatic heterocycles. The van der Waals surface area contributed by atoms with Crippen LogP contribution in [0.1, 0.15) is 21.6 Å². The van der Waals surface area contributed by atoms with Gasteiger partial charge in [0.25, 0.3) is 5.91 Å². The Balaban J connectivity index is 1.99. The summed E-state index contributed by atoms with van der Waals surface area (Å²) in [6.07, 6.45) is 0. The number of nitrogens with zero attached hydrogens (tertiary/aromatic N) is 3. The van der Waals surface area contributed by atoms with Crippen LogP contribution in [0.5, 0.6) is 5.75 Å². The molecule has 1 amide bonds. The summed E-state index contributed by atoms with van der Waals surface area (Å²) in [5, 5.41) is 12.0. The number of rotatable bonds is 8. The minimum Gasteiger partial charge on any atom is -0.771 e. The Kier molecular flexibility index (Phi) is 7.13. The van der Waals surface area contributed by atoms with Gasteiger partial charge in [0.1, 0.15) is 10.8 Å². The van der Waals surface area contributed by atoms with Crippen LogP contribution in [0.15, 0.2) is 54.0 Å². The average molecular weight is 442 g/mol. The number of amides is 1. The monoisotopic (exact) mass is 441 g/mol. The van der Waals surface area contributed by atoms with Crippen molar-refractivity contribution >= 4 is 39.0 Å². The highest BCUT2D eigenvalue weighted by Gasteiger charge is 2.22. The predicted molar refractivity (Wildman–Crippen MR) is 113 cm³/mol. The third-order valence-corrected chi connectivity index (χ3v) is 5.37. The van der Waals surface area contributed by atoms with E-state index in [4.69, 9.17) is 10.00 Å². The quantitative estimate of drug-likeness (QED) is 0.534. The van der Waals surface area contributed by atoms with Crippen LogP contribution in [0.3, 0.4) is 0 Å². The number of nitrogens with one attached hydrogen (secondary N) is 1. The Morgan fingerprint density at radius 3 is 2.77 bits per heavy atom. The lowest BCUT2D eigenvalue weighted by molar-refractivity contribution is 0.0956. The molecule has 0 bridgehead atoms. The van der Waals surface area contributed by atoms with Crippen molar-refractivity contribution in [2.45, 2.75) is 6.54 Å². The molecular formula is C20H17N4O4S2-. The van der Waals surface area contributed by atoms with E-state index < -0.39 is 22.9 Å². The van der Waals surface area contributed by atoms with E-state index in [1.165, 1.54) is 16.8 Å². The number of carbonyl (C=O) groups is 1. The first-order chi connectivity index (χ1) is 14.5. The maximum atomic E-state index is 12.5. The number of thiazole rings is 1. The Labute approximate surface area is 180 Å². The molecule has 154 valence electrons. The molecular weight excluding hydrogens is 424 g/mol. The first kappa shape index (κ1) is 21.4. The smallest absolute Gasteiger partial charge is 0.273 e. The largest absolute Gasteiger partial charge is 0.771 e. The van der Waals surface area contributed by atoms with E-state index in [1.54, 1.807) is 31.4 Å². The summed E-state index contributed by atoms with van der Waals surface area (Å²) in [5.41, 5.74) is 3.85. The predicted octanol–water partition coefficient (Wildman–Crippen LogP) is 2.93. The van der Waals surface area contributed by atoms with Crippen molar-refractivity contribution in [1.82, 2.24) is 10.3 Å². The van der Waals surface area contributed by atoms with Crippen LogP contribution in [-0.2, 0) is 17.6 Å². The van der Waals surface area contributed by atoms with Crippen LogP contribution in [-0.4, -0.2) is 32.6 Å². The van der Waals surface area contributed by atoms with Gasteiger partial charge in [0.2, 0.25) is 0 Å². The number of carbonyl (C=O) groups excluding carboxylic acids is 1. The zero-order valence-electron chi connectivity index (χ0n) is 15.9. The molecule has 1 aromatic heterocycles. The molecule has 0 saturated carbocycles. The van der Waals surface area contributed by atoms with Gasteiger partial charge in [-0.15, -0.1) is 11.3 Å². The van der Waals surface area contributed by atoms with E-state index in [1.807, 2.05) is 29.2 Å². The number of aromatic nitrogens is 1. The van der Waals surface area contributed by atoms with E-state index in [2.05, 4.69) is 16.4 Å². The van der Waals surface area contributed by atoms with Crippen LogP contribution in [0.2, 0.25) is 0 Å². The zero-order valence-corrected chi connectivity index (χ0v) is 17.5. The average Bonchev–Trinajstić information content (AvgIpc) is 3.25. The fourth-order valence-corrected chi connectivity index (χ4v) is 3.81. The summed E-state index contributed by atoms with van der Waals surface area (Å²) in [6, 6.07) is 16.6. The molecule has 1 heterocycles. The number of nitriles is 1. The normalized spacial score (nSPS) is 11.4. The van der Waals surface area contributed by atoms with Gasteiger partial charge in [-0.1, -0.05) is 12.1 Å². The lowest BCUT2D eigenvalue weighted by Gasteiger charge is -2.24. The highest BCUT2D eigenvalue weighted by Crippen LogP contribution is 2.34. The second kappa shape index (κ2) is 9.98. The summed E-state index contributed by atoms with van der Waals surface area (Å²) < 4.78 is 26.9. The van der Waals surface area contributed by atoms with Gasteiger partial charge < -0.3 is 19.5 Å². The molecule has 0 aliphatic rings. The molecule has 0 saturated heterocycles. The van der Waals surface area contributed by atoms with E-state index >= 15 is 0 Å². The van der Waals surface area contributed by atoms with Crippen LogP contribution < -0.4 is 15.0 Å². The zero-order chi connectivity index (χ0) is 21.5. The van der Waals surface area contributed by atoms with Gasteiger partial charge in [-0.2, -0.15) is 5.26 Å². The van der Waals surface area contributed by atoms with Gasteiger partial charge >= 0.3 is 0 Å². The summed E-state index contributed by atoms with van der Waals surface area (Å²) in [5.74, 6) is -0.380. The Hall–Kier alpha value is -3.26. The molecule has 2 aromatic carbocycles. The van der Waals surface area contributed by atoms with Crippen LogP contribution >= 0.6 is 11.3 Å². The Bertz CT molecular complexity index is 1090. The molecule has 1 unspecified atom stereocenters. The number of ether oxygens (including phenoxy) is 1. The fraction of sp³-hybridized carbons (Fsp3) is 0.150. The number of methoxy groups -OCH3 is 1. The van der Waals surface area contributed by atoms with Gasteiger partial charge in [-0.25, -0.2) is 4.98 Å². The van der Waals surface area contributed by atoms with Gasteiger partial charge in [0, 0.05) is 12.2 Å². The van der Waals surface area contributed by atoms with Gasteiger partial charge in [-0.3, -0.25) is 9.00 Å². The lowest BCUT2D eigenvalue weighted by Crippen LogP contribution is -2.29. The molecule has 30 heavy (non-hydrogen) atoms. The molecule has 8 nitrogen and oxygen atoms in total. The Morgan fingerprint density at radius 2 is 2.10 bits per heavy atom. The fourth-order valence-electron chi connectivity index (χ4n) is 2.75. The highest BCUT2D eigenvalue weighted by molar-refractivity contribution is 7.79. The number of anilines is 2. The standard InChI is InChI=1S/C20H18N4O4S2/c1-28-17-4-2-3-15(9-17)11-24(16-7-5-14(10-21)6-8-16)20-18(22-12-29-20)19(25)23-13-30(26)27/h2-9,12H,11,13H2,1H3,(H,23,25)(H,26,27)/p-1. The van der Waals surface area contributed by atoms with E-state index in [-0.39, 0.29) is 5.69 Å². The minimum atomic E-state index is -2.40. The van der Waals surface area contributed by atoms with Crippen molar-refractivity contribution in [3.05, 3.63) is 70.9 Å². The van der Waals surface area contributed by atoms with E-state index in [9.17, 15) is 13.6 Å². The molecule has 0 aliphatic carbocycles. The first-order valence-corrected chi connectivity index (χ1v) is 10.8. The third-order valence-electron chi connectivity index (χ3n) is 4.14. The maximum absolute atomic E-state index is 12.5. The van der Waals surface area contributed by atoms with E-state index in [0.717, 1.165) is 11.3 Å². The van der Waals surface area contributed by atoms with Crippen molar-refractivity contribution in [2.24, 2.45) is 0 Å². The van der Waals surface area contributed by atoms with Gasteiger partial charge in [0.15, 0.2) is 5.69 Å². The van der Waals surface area contributed by atoms with Crippen molar-refractivity contribution in [2.75, 3.05) is 17.9 Å².